The number of carbonyl (C=O) groups excluding carboxylic acids is 1. The molecule has 0 aromatic heterocycles. The van der Waals surface area contributed by atoms with Gasteiger partial charge >= 0.3 is 0 Å². The van der Waals surface area contributed by atoms with Crippen LogP contribution in [0.25, 0.3) is 0 Å². The van der Waals surface area contributed by atoms with Crippen LogP contribution in [0.15, 0.2) is 6.07 Å². The number of benzene rings is 1. The largest absolute Gasteiger partial charge is 0.507 e. The summed E-state index contributed by atoms with van der Waals surface area (Å²) in [5, 5.41) is 11.3. The normalized spacial score (nSPS) is 33.2. The number of hydrogen-bond acceptors (Lipinski definition) is 2. The average molecular weight is 383 g/mol. The number of aromatic hydroxyl groups is 1. The van der Waals surface area contributed by atoms with Gasteiger partial charge in [0, 0.05) is 17.4 Å². The molecule has 0 aliphatic heterocycles. The summed E-state index contributed by atoms with van der Waals surface area (Å²) in [5.41, 5.74) is 5.14. The standard InChI is InChI=1S/C26H38O2/c1-7-15(2)23-18-9-8-17-16(12-13-26(6)20(17)10-11-22(26)27)19(18)14-21(24(23)28)25(3,4)5/h14-17,20,28H,7-13H2,1-6H3/t15?,16-,17+,20-,26-/m0/s1. The quantitative estimate of drug-likeness (QED) is 0.623. The number of carbonyl (C=O) groups is 1. The van der Waals surface area contributed by atoms with Crippen LogP contribution < -0.4 is 0 Å². The fourth-order valence-electron chi connectivity index (χ4n) is 6.83. The summed E-state index contributed by atoms with van der Waals surface area (Å²) < 4.78 is 0. The van der Waals surface area contributed by atoms with Crippen molar-refractivity contribution in [2.24, 2.45) is 17.3 Å². The Morgan fingerprint density at radius 2 is 1.93 bits per heavy atom. The van der Waals surface area contributed by atoms with E-state index in [4.69, 9.17) is 0 Å². The Balaban J connectivity index is 1.85. The van der Waals surface area contributed by atoms with E-state index in [9.17, 15) is 9.90 Å². The Morgan fingerprint density at radius 1 is 1.21 bits per heavy atom. The summed E-state index contributed by atoms with van der Waals surface area (Å²) in [5.74, 6) is 3.22. The molecule has 4 rings (SSSR count). The monoisotopic (exact) mass is 382 g/mol. The van der Waals surface area contributed by atoms with E-state index in [1.165, 1.54) is 23.1 Å². The Morgan fingerprint density at radius 3 is 2.57 bits per heavy atom. The van der Waals surface area contributed by atoms with Crippen molar-refractivity contribution >= 4 is 5.78 Å². The molecule has 1 aromatic rings. The van der Waals surface area contributed by atoms with E-state index in [1.54, 1.807) is 0 Å². The third kappa shape index (κ3) is 2.77. The lowest BCUT2D eigenvalue weighted by Gasteiger charge is -2.49. The van der Waals surface area contributed by atoms with Crippen molar-refractivity contribution < 1.29 is 9.90 Å². The predicted molar refractivity (Wildman–Crippen MR) is 115 cm³/mol. The van der Waals surface area contributed by atoms with Crippen LogP contribution in [0.2, 0.25) is 0 Å². The summed E-state index contributed by atoms with van der Waals surface area (Å²) in [7, 11) is 0. The zero-order valence-corrected chi connectivity index (χ0v) is 18.7. The Hall–Kier alpha value is -1.31. The van der Waals surface area contributed by atoms with Gasteiger partial charge in [-0.25, -0.2) is 0 Å². The molecule has 2 fully saturated rings. The van der Waals surface area contributed by atoms with Gasteiger partial charge in [-0.05, 0) is 84.3 Å². The topological polar surface area (TPSA) is 37.3 Å². The van der Waals surface area contributed by atoms with Crippen LogP contribution in [0.3, 0.4) is 0 Å². The molecule has 0 amide bonds. The number of fused-ring (bicyclic) bond motifs is 5. The first-order valence-electron chi connectivity index (χ1n) is 11.5. The van der Waals surface area contributed by atoms with Gasteiger partial charge < -0.3 is 5.11 Å². The Bertz CT molecular complexity index is 800. The number of phenolic OH excluding ortho intramolecular Hbond substituents is 1. The third-order valence-corrected chi connectivity index (χ3v) is 8.67. The fraction of sp³-hybridized carbons (Fsp3) is 0.731. The van der Waals surface area contributed by atoms with Crippen molar-refractivity contribution in [2.75, 3.05) is 0 Å². The van der Waals surface area contributed by atoms with Gasteiger partial charge in [0.2, 0.25) is 0 Å². The molecule has 0 saturated heterocycles. The first kappa shape index (κ1) is 20.0. The molecule has 0 bridgehead atoms. The van der Waals surface area contributed by atoms with Gasteiger partial charge in [0.25, 0.3) is 0 Å². The van der Waals surface area contributed by atoms with Crippen LogP contribution in [0.5, 0.6) is 5.75 Å². The number of ketones is 1. The van der Waals surface area contributed by atoms with Crippen LogP contribution >= 0.6 is 0 Å². The smallest absolute Gasteiger partial charge is 0.139 e. The highest BCUT2D eigenvalue weighted by Gasteiger charge is 2.54. The van der Waals surface area contributed by atoms with E-state index in [1.807, 2.05) is 0 Å². The highest BCUT2D eigenvalue weighted by molar-refractivity contribution is 5.87. The van der Waals surface area contributed by atoms with Crippen molar-refractivity contribution in [1.82, 2.24) is 0 Å². The number of Topliss-reactive ketones (excluding diaryl/α,β-unsaturated/α-hetero) is 1. The second kappa shape index (κ2) is 6.61. The van der Waals surface area contributed by atoms with Gasteiger partial charge in [-0.3, -0.25) is 4.79 Å². The molecular weight excluding hydrogens is 344 g/mol. The fourth-order valence-corrected chi connectivity index (χ4v) is 6.83. The maximum atomic E-state index is 12.6. The van der Waals surface area contributed by atoms with Gasteiger partial charge in [-0.15, -0.1) is 0 Å². The third-order valence-electron chi connectivity index (χ3n) is 8.67. The minimum absolute atomic E-state index is 0.0675. The Kier molecular flexibility index (Phi) is 4.71. The number of hydrogen-bond donors (Lipinski definition) is 1. The zero-order valence-electron chi connectivity index (χ0n) is 18.7. The molecule has 5 atom stereocenters. The van der Waals surface area contributed by atoms with Crippen LogP contribution in [0.1, 0.15) is 114 Å². The highest BCUT2D eigenvalue weighted by Crippen LogP contribution is 2.60. The van der Waals surface area contributed by atoms with E-state index in [0.717, 1.165) is 44.1 Å². The maximum absolute atomic E-state index is 12.6. The van der Waals surface area contributed by atoms with E-state index in [-0.39, 0.29) is 10.8 Å². The molecule has 154 valence electrons. The van der Waals surface area contributed by atoms with Crippen molar-refractivity contribution in [3.63, 3.8) is 0 Å². The number of phenols is 1. The lowest BCUT2D eigenvalue weighted by Crippen LogP contribution is -2.42. The lowest BCUT2D eigenvalue weighted by molar-refractivity contribution is -0.129. The number of rotatable bonds is 2. The van der Waals surface area contributed by atoms with E-state index in [0.29, 0.717) is 35.2 Å². The van der Waals surface area contributed by atoms with Gasteiger partial charge in [0.1, 0.15) is 11.5 Å². The molecule has 0 heterocycles. The average Bonchev–Trinajstić information content (AvgIpc) is 2.94. The first-order chi connectivity index (χ1) is 13.1. The molecule has 1 aromatic carbocycles. The molecule has 2 saturated carbocycles. The second-order valence-corrected chi connectivity index (χ2v) is 11.1. The minimum atomic E-state index is -0.0687. The summed E-state index contributed by atoms with van der Waals surface area (Å²) in [6, 6.07) is 2.35. The van der Waals surface area contributed by atoms with Crippen molar-refractivity contribution in [1.29, 1.82) is 0 Å². The van der Waals surface area contributed by atoms with E-state index >= 15 is 0 Å². The molecule has 2 heteroatoms. The molecular formula is C26H38O2. The highest BCUT2D eigenvalue weighted by atomic mass is 16.3. The van der Waals surface area contributed by atoms with Crippen LogP contribution in [-0.4, -0.2) is 10.9 Å². The van der Waals surface area contributed by atoms with Gasteiger partial charge in [0.15, 0.2) is 0 Å². The molecule has 3 aliphatic rings. The first-order valence-corrected chi connectivity index (χ1v) is 11.5. The molecule has 28 heavy (non-hydrogen) atoms. The molecule has 1 unspecified atom stereocenters. The maximum Gasteiger partial charge on any atom is 0.139 e. The van der Waals surface area contributed by atoms with E-state index in [2.05, 4.69) is 47.6 Å². The summed E-state index contributed by atoms with van der Waals surface area (Å²) >= 11 is 0. The van der Waals surface area contributed by atoms with Crippen LogP contribution in [-0.2, 0) is 16.6 Å². The molecule has 0 spiro atoms. The molecule has 1 N–H and O–H groups in total. The predicted octanol–water partition coefficient (Wildman–Crippen LogP) is 6.63. The lowest BCUT2D eigenvalue weighted by atomic mass is 9.55. The van der Waals surface area contributed by atoms with E-state index < -0.39 is 0 Å². The van der Waals surface area contributed by atoms with Crippen molar-refractivity contribution in [3.8, 4) is 5.75 Å². The van der Waals surface area contributed by atoms with Gasteiger partial charge in [-0.1, -0.05) is 47.6 Å². The molecule has 0 radical (unpaired) electrons. The van der Waals surface area contributed by atoms with Gasteiger partial charge in [0.05, 0.1) is 0 Å². The summed E-state index contributed by atoms with van der Waals surface area (Å²) in [4.78, 5) is 12.6. The minimum Gasteiger partial charge on any atom is -0.507 e. The van der Waals surface area contributed by atoms with Crippen LogP contribution in [0, 0.1) is 17.3 Å². The van der Waals surface area contributed by atoms with Crippen molar-refractivity contribution in [2.45, 2.75) is 104 Å². The van der Waals surface area contributed by atoms with Crippen LogP contribution in [0.4, 0.5) is 0 Å². The Labute approximate surface area is 171 Å². The summed E-state index contributed by atoms with van der Waals surface area (Å²) in [6.07, 6.45) is 7.35. The SMILES string of the molecule is CCC(C)c1c(O)c(C(C)(C)C)cc2c1CC[C@@H]1[C@@H]2CC[C@]2(C)C(=O)CC[C@@H]12. The zero-order chi connectivity index (χ0) is 20.4. The summed E-state index contributed by atoms with van der Waals surface area (Å²) in [6.45, 7) is 13.4. The molecule has 2 nitrogen and oxygen atoms in total. The van der Waals surface area contributed by atoms with Crippen molar-refractivity contribution in [3.05, 3.63) is 28.3 Å². The van der Waals surface area contributed by atoms with Gasteiger partial charge in [-0.2, -0.15) is 0 Å². The second-order valence-electron chi connectivity index (χ2n) is 11.1. The molecule has 3 aliphatic carbocycles.